The van der Waals surface area contributed by atoms with Gasteiger partial charge in [0.05, 0.1) is 6.61 Å². The highest BCUT2D eigenvalue weighted by atomic mass is 16.5. The second kappa shape index (κ2) is 8.13. The molecule has 104 valence electrons. The summed E-state index contributed by atoms with van der Waals surface area (Å²) < 4.78 is 5.44. The van der Waals surface area contributed by atoms with Gasteiger partial charge in [0.15, 0.2) is 0 Å². The van der Waals surface area contributed by atoms with Crippen LogP contribution in [0, 0.1) is 0 Å². The zero-order valence-corrected chi connectivity index (χ0v) is 11.4. The normalized spacial score (nSPS) is 9.79. The number of hydrogen-bond acceptors (Lipinski definition) is 3. The number of rotatable bonds is 7. The Kier molecular flexibility index (Phi) is 6.43. The van der Waals surface area contributed by atoms with Crippen molar-refractivity contribution in [3.63, 3.8) is 0 Å². The van der Waals surface area contributed by atoms with Crippen molar-refractivity contribution in [3.05, 3.63) is 29.8 Å². The summed E-state index contributed by atoms with van der Waals surface area (Å²) >= 11 is 0. The molecule has 0 saturated carbocycles. The molecule has 1 aromatic rings. The quantitative estimate of drug-likeness (QED) is 0.730. The average Bonchev–Trinajstić information content (AvgIpc) is 2.41. The van der Waals surface area contributed by atoms with Gasteiger partial charge in [-0.1, -0.05) is 6.92 Å². The third-order valence-corrected chi connectivity index (χ3v) is 2.37. The molecule has 2 amide bonds. The molecular weight excluding hydrogens is 244 g/mol. The summed E-state index contributed by atoms with van der Waals surface area (Å²) in [6.45, 7) is 4.99. The van der Waals surface area contributed by atoms with E-state index in [4.69, 9.17) is 4.74 Å². The Morgan fingerprint density at radius 1 is 1.11 bits per heavy atom. The van der Waals surface area contributed by atoms with Crippen LogP contribution in [0.4, 0.5) is 0 Å². The largest absolute Gasteiger partial charge is 0.494 e. The smallest absolute Gasteiger partial charge is 0.251 e. The van der Waals surface area contributed by atoms with Gasteiger partial charge in [-0.15, -0.1) is 0 Å². The van der Waals surface area contributed by atoms with Crippen molar-refractivity contribution in [2.75, 3.05) is 19.7 Å². The highest BCUT2D eigenvalue weighted by Gasteiger charge is 2.04. The summed E-state index contributed by atoms with van der Waals surface area (Å²) in [4.78, 5) is 22.4. The lowest BCUT2D eigenvalue weighted by atomic mass is 10.2. The Balaban J connectivity index is 2.37. The van der Waals surface area contributed by atoms with E-state index in [2.05, 4.69) is 10.6 Å². The lowest BCUT2D eigenvalue weighted by Gasteiger charge is -2.07. The summed E-state index contributed by atoms with van der Waals surface area (Å²) in [7, 11) is 0. The third kappa shape index (κ3) is 5.90. The van der Waals surface area contributed by atoms with Crippen molar-refractivity contribution < 1.29 is 14.3 Å². The van der Waals surface area contributed by atoms with Gasteiger partial charge in [-0.3, -0.25) is 9.59 Å². The van der Waals surface area contributed by atoms with E-state index >= 15 is 0 Å². The maximum Gasteiger partial charge on any atom is 0.251 e. The molecule has 0 aromatic heterocycles. The Bertz CT molecular complexity index is 415. The number of hydrogen-bond donors (Lipinski definition) is 2. The van der Waals surface area contributed by atoms with E-state index in [0.717, 1.165) is 12.2 Å². The topological polar surface area (TPSA) is 67.4 Å². The van der Waals surface area contributed by atoms with Gasteiger partial charge in [-0.2, -0.15) is 0 Å². The van der Waals surface area contributed by atoms with E-state index in [-0.39, 0.29) is 11.8 Å². The van der Waals surface area contributed by atoms with Crippen LogP contribution < -0.4 is 15.4 Å². The van der Waals surface area contributed by atoms with Gasteiger partial charge in [0.2, 0.25) is 5.91 Å². The molecule has 0 aliphatic heterocycles. The minimum absolute atomic E-state index is 0.105. The van der Waals surface area contributed by atoms with Gasteiger partial charge >= 0.3 is 0 Å². The zero-order valence-electron chi connectivity index (χ0n) is 11.4. The first-order chi connectivity index (χ1) is 9.13. The van der Waals surface area contributed by atoms with E-state index in [1.165, 1.54) is 6.92 Å². The number of carbonyl (C=O) groups excluding carboxylic acids is 2. The Labute approximate surface area is 113 Å². The number of benzene rings is 1. The first-order valence-electron chi connectivity index (χ1n) is 6.39. The van der Waals surface area contributed by atoms with Crippen LogP contribution in [0.25, 0.3) is 0 Å². The van der Waals surface area contributed by atoms with Gasteiger partial charge in [-0.25, -0.2) is 0 Å². The summed E-state index contributed by atoms with van der Waals surface area (Å²) in [5, 5.41) is 5.33. The molecular formula is C14H20N2O3. The molecule has 1 rings (SSSR count). The first kappa shape index (κ1) is 15.0. The maximum atomic E-state index is 11.8. The molecule has 0 radical (unpaired) electrons. The molecule has 0 fully saturated rings. The molecule has 5 heteroatoms. The van der Waals surface area contributed by atoms with Crippen molar-refractivity contribution in [2.24, 2.45) is 0 Å². The SMILES string of the molecule is CCCOc1ccc(C(=O)NCCNC(C)=O)cc1. The molecule has 0 atom stereocenters. The van der Waals surface area contributed by atoms with Gasteiger partial charge in [0, 0.05) is 25.6 Å². The minimum Gasteiger partial charge on any atom is -0.494 e. The lowest BCUT2D eigenvalue weighted by molar-refractivity contribution is -0.118. The van der Waals surface area contributed by atoms with Crippen molar-refractivity contribution >= 4 is 11.8 Å². The molecule has 0 heterocycles. The second-order valence-electron chi connectivity index (χ2n) is 4.11. The van der Waals surface area contributed by atoms with Crippen LogP contribution in [0.5, 0.6) is 5.75 Å². The summed E-state index contributed by atoms with van der Waals surface area (Å²) in [5.74, 6) is 0.496. The predicted molar refractivity (Wildman–Crippen MR) is 73.2 cm³/mol. The monoisotopic (exact) mass is 264 g/mol. The summed E-state index contributed by atoms with van der Waals surface area (Å²) in [6, 6.07) is 6.99. The molecule has 0 bridgehead atoms. The fraction of sp³-hybridized carbons (Fsp3) is 0.429. The molecule has 0 unspecified atom stereocenters. The summed E-state index contributed by atoms with van der Waals surface area (Å²) in [6.07, 6.45) is 0.950. The number of carbonyl (C=O) groups is 2. The van der Waals surface area contributed by atoms with Crippen LogP contribution >= 0.6 is 0 Å². The minimum atomic E-state index is -0.160. The zero-order chi connectivity index (χ0) is 14.1. The molecule has 2 N–H and O–H groups in total. The van der Waals surface area contributed by atoms with Crippen LogP contribution in [0.2, 0.25) is 0 Å². The van der Waals surface area contributed by atoms with E-state index in [1.54, 1.807) is 24.3 Å². The highest BCUT2D eigenvalue weighted by Crippen LogP contribution is 2.12. The van der Waals surface area contributed by atoms with Gasteiger partial charge in [-0.05, 0) is 30.7 Å². The van der Waals surface area contributed by atoms with E-state index in [0.29, 0.717) is 25.3 Å². The third-order valence-electron chi connectivity index (χ3n) is 2.37. The lowest BCUT2D eigenvalue weighted by Crippen LogP contribution is -2.33. The predicted octanol–water partition coefficient (Wildman–Crippen LogP) is 1.34. The molecule has 19 heavy (non-hydrogen) atoms. The fourth-order valence-corrected chi connectivity index (χ4v) is 1.44. The molecule has 0 aliphatic rings. The van der Waals surface area contributed by atoms with E-state index < -0.39 is 0 Å². The Morgan fingerprint density at radius 2 is 1.74 bits per heavy atom. The maximum absolute atomic E-state index is 11.8. The van der Waals surface area contributed by atoms with E-state index in [1.807, 2.05) is 6.92 Å². The molecule has 0 aliphatic carbocycles. The molecule has 0 saturated heterocycles. The van der Waals surface area contributed by atoms with Crippen molar-refractivity contribution in [1.29, 1.82) is 0 Å². The van der Waals surface area contributed by atoms with Crippen molar-refractivity contribution in [3.8, 4) is 5.75 Å². The Morgan fingerprint density at radius 3 is 2.32 bits per heavy atom. The van der Waals surface area contributed by atoms with Crippen LogP contribution in [-0.2, 0) is 4.79 Å². The van der Waals surface area contributed by atoms with Gasteiger partial charge in [0.25, 0.3) is 5.91 Å². The van der Waals surface area contributed by atoms with Gasteiger partial charge < -0.3 is 15.4 Å². The van der Waals surface area contributed by atoms with Crippen LogP contribution in [0.3, 0.4) is 0 Å². The highest BCUT2D eigenvalue weighted by molar-refractivity contribution is 5.94. The summed E-state index contributed by atoms with van der Waals surface area (Å²) in [5.41, 5.74) is 0.576. The van der Waals surface area contributed by atoms with E-state index in [9.17, 15) is 9.59 Å². The molecule has 0 spiro atoms. The van der Waals surface area contributed by atoms with Crippen LogP contribution in [0.1, 0.15) is 30.6 Å². The Hall–Kier alpha value is -2.04. The number of amides is 2. The molecule has 1 aromatic carbocycles. The standard InChI is InChI=1S/C14H20N2O3/c1-3-10-19-13-6-4-12(5-7-13)14(18)16-9-8-15-11(2)17/h4-7H,3,8-10H2,1-2H3,(H,15,17)(H,16,18). The molecule has 5 nitrogen and oxygen atoms in total. The fourth-order valence-electron chi connectivity index (χ4n) is 1.44. The van der Waals surface area contributed by atoms with Crippen LogP contribution in [-0.4, -0.2) is 31.5 Å². The average molecular weight is 264 g/mol. The van der Waals surface area contributed by atoms with Crippen molar-refractivity contribution in [1.82, 2.24) is 10.6 Å². The van der Waals surface area contributed by atoms with Gasteiger partial charge in [0.1, 0.15) is 5.75 Å². The number of ether oxygens (including phenoxy) is 1. The second-order valence-corrected chi connectivity index (χ2v) is 4.11. The number of nitrogens with one attached hydrogen (secondary N) is 2. The van der Waals surface area contributed by atoms with Crippen LogP contribution in [0.15, 0.2) is 24.3 Å². The van der Waals surface area contributed by atoms with Crippen molar-refractivity contribution in [2.45, 2.75) is 20.3 Å². The first-order valence-corrected chi connectivity index (χ1v) is 6.39.